The predicted octanol–water partition coefficient (Wildman–Crippen LogP) is 0.790. The Morgan fingerprint density at radius 3 is 3.07 bits per heavy atom. The van der Waals surface area contributed by atoms with Gasteiger partial charge in [0.25, 0.3) is 0 Å². The average molecular weight is 293 g/mol. The lowest BCUT2D eigenvalue weighted by Gasteiger charge is -2.05. The molecule has 0 spiro atoms. The average Bonchev–Trinajstić information content (AvgIpc) is 2.27. The van der Waals surface area contributed by atoms with Crippen molar-refractivity contribution in [1.82, 2.24) is 9.97 Å². The summed E-state index contributed by atoms with van der Waals surface area (Å²) in [6.07, 6.45) is 1.36. The fraction of sp³-hybridized carbons (Fsp3) is 0.286. The van der Waals surface area contributed by atoms with Crippen molar-refractivity contribution >= 4 is 39.5 Å². The Hall–Kier alpha value is -0.860. The van der Waals surface area contributed by atoms with Gasteiger partial charge in [0, 0.05) is 0 Å². The number of hydrogen-bond acceptors (Lipinski definition) is 7. The minimum absolute atomic E-state index is 0.191. The topological polar surface area (TPSA) is 90.1 Å². The highest BCUT2D eigenvalue weighted by Crippen LogP contribution is 2.29. The van der Waals surface area contributed by atoms with Gasteiger partial charge in [-0.2, -0.15) is 0 Å². The molecule has 0 aromatic carbocycles. The van der Waals surface area contributed by atoms with Crippen molar-refractivity contribution in [3.63, 3.8) is 0 Å². The maximum Gasteiger partial charge on any atom is 0.316 e. The van der Waals surface area contributed by atoms with Gasteiger partial charge in [0.2, 0.25) is 0 Å². The van der Waals surface area contributed by atoms with Gasteiger partial charge in [0.1, 0.15) is 11.4 Å². The Morgan fingerprint density at radius 2 is 2.47 bits per heavy atom. The third-order valence-electron chi connectivity index (χ3n) is 1.45. The van der Waals surface area contributed by atoms with E-state index in [1.807, 2.05) is 0 Å². The van der Waals surface area contributed by atoms with Gasteiger partial charge in [0.15, 0.2) is 5.82 Å². The first-order valence-corrected chi connectivity index (χ1v) is 5.63. The third kappa shape index (κ3) is 3.33. The molecule has 0 unspecified atom stereocenters. The van der Waals surface area contributed by atoms with Crippen molar-refractivity contribution in [3.05, 3.63) is 10.8 Å². The summed E-state index contributed by atoms with van der Waals surface area (Å²) in [4.78, 5) is 18.8. The largest absolute Gasteiger partial charge is 0.468 e. The van der Waals surface area contributed by atoms with Crippen molar-refractivity contribution < 1.29 is 9.53 Å². The lowest BCUT2D eigenvalue weighted by molar-refractivity contribution is -0.137. The molecule has 1 heterocycles. The molecule has 0 fully saturated rings. The number of methoxy groups -OCH3 is 1. The number of nitrogens with two attached hydrogens (primary N) is 1. The molecule has 6 nitrogen and oxygen atoms in total. The van der Waals surface area contributed by atoms with Crippen LogP contribution < -0.4 is 11.3 Å². The first-order chi connectivity index (χ1) is 7.19. The Kier molecular flexibility index (Phi) is 4.79. The van der Waals surface area contributed by atoms with Gasteiger partial charge in [0.05, 0.1) is 17.3 Å². The summed E-state index contributed by atoms with van der Waals surface area (Å²) >= 11 is 4.51. The molecule has 0 saturated carbocycles. The zero-order valence-electron chi connectivity index (χ0n) is 7.86. The van der Waals surface area contributed by atoms with Crippen LogP contribution in [0.2, 0.25) is 0 Å². The normalized spacial score (nSPS) is 9.80. The van der Waals surface area contributed by atoms with E-state index in [-0.39, 0.29) is 11.7 Å². The number of nitrogens with zero attached hydrogens (tertiary/aromatic N) is 2. The zero-order valence-corrected chi connectivity index (χ0v) is 10.3. The molecule has 0 aliphatic rings. The lowest BCUT2D eigenvalue weighted by atomic mass is 10.6. The number of anilines is 1. The maximum absolute atomic E-state index is 10.9. The number of nitrogen functional groups attached to an aromatic ring is 1. The highest BCUT2D eigenvalue weighted by Gasteiger charge is 2.10. The third-order valence-corrected chi connectivity index (χ3v) is 3.43. The van der Waals surface area contributed by atoms with Crippen LogP contribution in [-0.2, 0) is 9.53 Å². The monoisotopic (exact) mass is 292 g/mol. The minimum Gasteiger partial charge on any atom is -0.468 e. The van der Waals surface area contributed by atoms with Crippen LogP contribution in [0, 0.1) is 0 Å². The molecule has 1 aromatic rings. The molecule has 0 saturated heterocycles. The van der Waals surface area contributed by atoms with E-state index in [1.165, 1.54) is 25.2 Å². The smallest absolute Gasteiger partial charge is 0.316 e. The molecular weight excluding hydrogens is 284 g/mol. The second kappa shape index (κ2) is 5.89. The van der Waals surface area contributed by atoms with Crippen LogP contribution in [-0.4, -0.2) is 28.8 Å². The molecule has 0 aliphatic heterocycles. The molecular formula is C7H9BrN4O2S. The van der Waals surface area contributed by atoms with E-state index in [4.69, 9.17) is 5.84 Å². The fourth-order valence-electron chi connectivity index (χ4n) is 0.741. The standard InChI is InChI=1S/C7H9BrN4O2S/c1-14-4(13)2-15-7-5(8)6(12-9)10-3-11-7/h3H,2,9H2,1H3,(H,10,11,12). The van der Waals surface area contributed by atoms with Crippen LogP contribution in [0.5, 0.6) is 0 Å². The zero-order chi connectivity index (χ0) is 11.3. The predicted molar refractivity (Wildman–Crippen MR) is 60.3 cm³/mol. The van der Waals surface area contributed by atoms with Gasteiger partial charge in [-0.15, -0.1) is 0 Å². The number of aromatic nitrogens is 2. The number of hydrogen-bond donors (Lipinski definition) is 2. The van der Waals surface area contributed by atoms with Gasteiger partial charge >= 0.3 is 5.97 Å². The molecule has 82 valence electrons. The van der Waals surface area contributed by atoms with Crippen molar-refractivity contribution in [2.45, 2.75) is 5.03 Å². The number of nitrogens with one attached hydrogen (secondary N) is 1. The van der Waals surface area contributed by atoms with Gasteiger partial charge in [-0.25, -0.2) is 15.8 Å². The van der Waals surface area contributed by atoms with Crippen molar-refractivity contribution in [2.24, 2.45) is 5.84 Å². The second-order valence-electron chi connectivity index (χ2n) is 2.35. The molecule has 0 radical (unpaired) electrons. The number of esters is 1. The number of thioether (sulfide) groups is 1. The Morgan fingerprint density at radius 1 is 1.73 bits per heavy atom. The Bertz CT molecular complexity index is 363. The summed E-state index contributed by atoms with van der Waals surface area (Å²) in [5.41, 5.74) is 2.41. The summed E-state index contributed by atoms with van der Waals surface area (Å²) in [6.45, 7) is 0. The molecule has 0 amide bonds. The van der Waals surface area contributed by atoms with Crippen LogP contribution in [0.25, 0.3) is 0 Å². The summed E-state index contributed by atoms with van der Waals surface area (Å²) in [5.74, 6) is 5.58. The van der Waals surface area contributed by atoms with Crippen molar-refractivity contribution in [1.29, 1.82) is 0 Å². The van der Waals surface area contributed by atoms with Gasteiger partial charge in [-0.1, -0.05) is 11.8 Å². The van der Waals surface area contributed by atoms with E-state index in [9.17, 15) is 4.79 Å². The molecule has 3 N–H and O–H groups in total. The molecule has 15 heavy (non-hydrogen) atoms. The van der Waals surface area contributed by atoms with Gasteiger partial charge < -0.3 is 10.2 Å². The van der Waals surface area contributed by atoms with Crippen LogP contribution in [0.3, 0.4) is 0 Å². The fourth-order valence-corrected chi connectivity index (χ4v) is 2.12. The van der Waals surface area contributed by atoms with Crippen molar-refractivity contribution in [3.8, 4) is 0 Å². The number of halogens is 1. The summed E-state index contributed by atoms with van der Waals surface area (Å²) < 4.78 is 5.14. The molecule has 0 atom stereocenters. The number of carbonyl (C=O) groups is 1. The van der Waals surface area contributed by atoms with E-state index in [2.05, 4.69) is 36.1 Å². The van der Waals surface area contributed by atoms with Crippen LogP contribution in [0.4, 0.5) is 5.82 Å². The van der Waals surface area contributed by atoms with E-state index < -0.39 is 0 Å². The van der Waals surface area contributed by atoms with E-state index in [0.717, 1.165) is 0 Å². The first kappa shape index (κ1) is 12.2. The summed E-state index contributed by atoms with van der Waals surface area (Å²) in [5, 5.41) is 0.628. The molecule has 0 aliphatic carbocycles. The number of ether oxygens (including phenoxy) is 1. The van der Waals surface area contributed by atoms with E-state index in [0.29, 0.717) is 15.3 Å². The van der Waals surface area contributed by atoms with E-state index >= 15 is 0 Å². The van der Waals surface area contributed by atoms with Gasteiger partial charge in [-0.05, 0) is 15.9 Å². The molecule has 0 bridgehead atoms. The Labute approximate surface area is 99.1 Å². The number of carbonyl (C=O) groups excluding carboxylic acids is 1. The SMILES string of the molecule is COC(=O)CSc1ncnc(NN)c1Br. The van der Waals surface area contributed by atoms with Gasteiger partial charge in [-0.3, -0.25) is 4.79 Å². The minimum atomic E-state index is -0.312. The first-order valence-electron chi connectivity index (χ1n) is 3.85. The second-order valence-corrected chi connectivity index (χ2v) is 4.11. The summed E-state index contributed by atoms with van der Waals surface area (Å²) in [7, 11) is 1.34. The summed E-state index contributed by atoms with van der Waals surface area (Å²) in [6, 6.07) is 0. The van der Waals surface area contributed by atoms with E-state index in [1.54, 1.807) is 0 Å². The molecule has 8 heteroatoms. The lowest BCUT2D eigenvalue weighted by Crippen LogP contribution is -2.10. The highest BCUT2D eigenvalue weighted by atomic mass is 79.9. The molecule has 1 rings (SSSR count). The maximum atomic E-state index is 10.9. The number of rotatable bonds is 4. The van der Waals surface area contributed by atoms with Crippen LogP contribution in [0.1, 0.15) is 0 Å². The molecule has 1 aromatic heterocycles. The Balaban J connectivity index is 2.73. The number of hydrazine groups is 1. The van der Waals surface area contributed by atoms with Crippen LogP contribution in [0.15, 0.2) is 15.8 Å². The van der Waals surface area contributed by atoms with Crippen molar-refractivity contribution in [2.75, 3.05) is 18.3 Å². The highest BCUT2D eigenvalue weighted by molar-refractivity contribution is 9.10. The van der Waals surface area contributed by atoms with Crippen LogP contribution >= 0.6 is 27.7 Å². The quantitative estimate of drug-likeness (QED) is 0.279.